The number of aromatic nitrogens is 2. The molecule has 0 aliphatic carbocycles. The number of aliphatic carboxylic acids is 1. The van der Waals surface area contributed by atoms with Crippen LogP contribution in [0.3, 0.4) is 0 Å². The van der Waals surface area contributed by atoms with Crippen molar-refractivity contribution in [3.63, 3.8) is 0 Å². The molecule has 1 aliphatic heterocycles. The molecule has 1 aliphatic rings. The minimum atomic E-state index is -4.43. The summed E-state index contributed by atoms with van der Waals surface area (Å²) < 4.78 is 53.9. The van der Waals surface area contributed by atoms with Crippen molar-refractivity contribution < 1.29 is 27.5 Å². The number of benzene rings is 1. The Morgan fingerprint density at radius 2 is 1.88 bits per heavy atom. The number of hydrogen-bond donors (Lipinski definition) is 2. The summed E-state index contributed by atoms with van der Waals surface area (Å²) in [4.78, 5) is 21.3. The molecule has 0 spiro atoms. The fourth-order valence-corrected chi connectivity index (χ4v) is 3.90. The van der Waals surface area contributed by atoms with Crippen LogP contribution in [-0.2, 0) is 11.0 Å². The molecule has 1 aromatic heterocycles. The lowest BCUT2D eigenvalue weighted by Gasteiger charge is -2.28. The van der Waals surface area contributed by atoms with Gasteiger partial charge < -0.3 is 15.3 Å². The normalized spacial score (nSPS) is 18.0. The van der Waals surface area contributed by atoms with Crippen molar-refractivity contribution in [2.75, 3.05) is 16.8 Å². The molecule has 1 saturated heterocycles. The van der Waals surface area contributed by atoms with Crippen LogP contribution in [0.4, 0.5) is 29.2 Å². The van der Waals surface area contributed by atoms with E-state index in [9.17, 15) is 23.1 Å². The van der Waals surface area contributed by atoms with E-state index in [-0.39, 0.29) is 29.5 Å². The summed E-state index contributed by atoms with van der Waals surface area (Å²) in [7, 11) is 0. The van der Waals surface area contributed by atoms with Gasteiger partial charge >= 0.3 is 12.1 Å². The van der Waals surface area contributed by atoms with Crippen LogP contribution in [0.2, 0.25) is 0 Å². The second kappa shape index (κ2) is 8.91. The Balaban J connectivity index is 1.87. The fraction of sp³-hybridized carbons (Fsp3) is 0.500. The lowest BCUT2D eigenvalue weighted by atomic mass is 9.88. The van der Waals surface area contributed by atoms with E-state index < -0.39 is 29.6 Å². The summed E-state index contributed by atoms with van der Waals surface area (Å²) in [6, 6.07) is 3.43. The van der Waals surface area contributed by atoms with Gasteiger partial charge in [-0.25, -0.2) is 14.8 Å². The van der Waals surface area contributed by atoms with Crippen LogP contribution in [-0.4, -0.2) is 33.6 Å². The van der Waals surface area contributed by atoms with E-state index in [0.717, 1.165) is 18.5 Å². The minimum absolute atomic E-state index is 0.00945. The van der Waals surface area contributed by atoms with Crippen molar-refractivity contribution in [2.24, 2.45) is 5.41 Å². The maximum absolute atomic E-state index is 15.3. The summed E-state index contributed by atoms with van der Waals surface area (Å²) in [6.07, 6.45) is -1.70. The number of alkyl halides is 3. The monoisotopic (exact) mass is 454 g/mol. The van der Waals surface area contributed by atoms with Gasteiger partial charge in [0, 0.05) is 6.54 Å². The van der Waals surface area contributed by atoms with E-state index in [2.05, 4.69) is 15.3 Å². The molecule has 0 radical (unpaired) electrons. The van der Waals surface area contributed by atoms with Crippen LogP contribution in [0.15, 0.2) is 30.6 Å². The molecule has 32 heavy (non-hydrogen) atoms. The van der Waals surface area contributed by atoms with Crippen molar-refractivity contribution in [1.29, 1.82) is 0 Å². The molecule has 1 aromatic carbocycles. The maximum atomic E-state index is 15.3. The molecule has 0 unspecified atom stereocenters. The first-order valence-corrected chi connectivity index (χ1v) is 10.3. The molecular weight excluding hydrogens is 428 g/mol. The van der Waals surface area contributed by atoms with Crippen molar-refractivity contribution in [1.82, 2.24) is 9.97 Å². The van der Waals surface area contributed by atoms with Crippen LogP contribution < -0.4 is 10.2 Å². The summed E-state index contributed by atoms with van der Waals surface area (Å²) in [5, 5.41) is 12.2. The number of nitrogens with zero attached hydrogens (tertiary/aromatic N) is 3. The smallest absolute Gasteiger partial charge is 0.416 e. The Morgan fingerprint density at radius 1 is 1.22 bits per heavy atom. The first-order valence-electron chi connectivity index (χ1n) is 10.3. The van der Waals surface area contributed by atoms with E-state index in [4.69, 9.17) is 0 Å². The number of carboxylic acids is 1. The second-order valence-corrected chi connectivity index (χ2v) is 9.13. The highest BCUT2D eigenvalue weighted by Crippen LogP contribution is 2.38. The average molecular weight is 454 g/mol. The molecule has 0 saturated carbocycles. The van der Waals surface area contributed by atoms with Gasteiger partial charge in [0.15, 0.2) is 11.6 Å². The number of nitrogens with one attached hydrogen (secondary N) is 1. The van der Waals surface area contributed by atoms with Gasteiger partial charge in [-0.3, -0.25) is 0 Å². The van der Waals surface area contributed by atoms with Crippen LogP contribution in [0.1, 0.15) is 57.2 Å². The standard InChI is InChI=1S/C22H26F4N4O2/c1-21(2,3)11-15(20(31)32)29-18-17(23)19(28-12-27-18)30-10-4-5-16(30)13-6-8-14(9-7-13)22(24,25)26/h6-9,12,15-16H,4-5,10-11H2,1-3H3,(H,31,32)(H,27,28,29)/t15-,16-/m1/s1. The molecule has 0 bridgehead atoms. The highest BCUT2D eigenvalue weighted by molar-refractivity contribution is 5.77. The first kappa shape index (κ1) is 23.7. The van der Waals surface area contributed by atoms with E-state index >= 15 is 4.39 Å². The molecule has 1 fully saturated rings. The van der Waals surface area contributed by atoms with E-state index in [0.29, 0.717) is 24.9 Å². The predicted octanol–water partition coefficient (Wildman–Crippen LogP) is 5.28. The first-order chi connectivity index (χ1) is 14.9. The molecule has 0 amide bonds. The number of carboxylic acid groups (broad SMARTS) is 1. The van der Waals surface area contributed by atoms with E-state index in [1.165, 1.54) is 12.1 Å². The number of rotatable bonds is 6. The maximum Gasteiger partial charge on any atom is 0.416 e. The quantitative estimate of drug-likeness (QED) is 0.579. The molecule has 2 aromatic rings. The summed E-state index contributed by atoms with van der Waals surface area (Å²) in [6.45, 7) is 6.10. The Bertz CT molecular complexity index is 958. The summed E-state index contributed by atoms with van der Waals surface area (Å²) in [5.41, 5.74) is -0.436. The van der Waals surface area contributed by atoms with Crippen molar-refractivity contribution >= 4 is 17.6 Å². The van der Waals surface area contributed by atoms with Gasteiger partial charge in [-0.15, -0.1) is 0 Å². The number of halogens is 4. The largest absolute Gasteiger partial charge is 0.480 e. The predicted molar refractivity (Wildman–Crippen MR) is 112 cm³/mol. The molecule has 3 rings (SSSR count). The highest BCUT2D eigenvalue weighted by Gasteiger charge is 2.34. The second-order valence-electron chi connectivity index (χ2n) is 9.13. The van der Waals surface area contributed by atoms with Crippen molar-refractivity contribution in [3.8, 4) is 0 Å². The number of anilines is 2. The van der Waals surface area contributed by atoms with E-state index in [1.807, 2.05) is 20.8 Å². The lowest BCUT2D eigenvalue weighted by Crippen LogP contribution is -2.34. The molecular formula is C22H26F4N4O2. The van der Waals surface area contributed by atoms with Gasteiger partial charge in [0.25, 0.3) is 0 Å². The highest BCUT2D eigenvalue weighted by atomic mass is 19.4. The van der Waals surface area contributed by atoms with Crippen molar-refractivity contribution in [2.45, 2.75) is 58.3 Å². The fourth-order valence-electron chi connectivity index (χ4n) is 3.90. The number of hydrogen-bond acceptors (Lipinski definition) is 5. The van der Waals surface area contributed by atoms with Crippen LogP contribution in [0.5, 0.6) is 0 Å². The summed E-state index contributed by atoms with van der Waals surface area (Å²) >= 11 is 0. The molecule has 2 N–H and O–H groups in total. The zero-order valence-corrected chi connectivity index (χ0v) is 18.1. The zero-order chi connectivity index (χ0) is 23.7. The van der Waals surface area contributed by atoms with Crippen LogP contribution in [0, 0.1) is 11.2 Å². The SMILES string of the molecule is CC(C)(C)C[C@@H](Nc1ncnc(N2CCC[C@@H]2c2ccc(C(F)(F)F)cc2)c1F)C(=O)O. The van der Waals surface area contributed by atoms with Gasteiger partial charge in [-0.1, -0.05) is 32.9 Å². The summed E-state index contributed by atoms with van der Waals surface area (Å²) in [5.74, 6) is -2.13. The molecule has 10 heteroatoms. The van der Waals surface area contributed by atoms with Gasteiger partial charge in [-0.05, 0) is 42.4 Å². The average Bonchev–Trinajstić information content (AvgIpc) is 3.17. The topological polar surface area (TPSA) is 78.4 Å². The van der Waals surface area contributed by atoms with Crippen molar-refractivity contribution in [3.05, 3.63) is 47.5 Å². The van der Waals surface area contributed by atoms with Gasteiger partial charge in [0.2, 0.25) is 5.82 Å². The molecule has 2 heterocycles. The van der Waals surface area contributed by atoms with Gasteiger partial charge in [0.05, 0.1) is 11.6 Å². The molecule has 2 atom stereocenters. The molecule has 6 nitrogen and oxygen atoms in total. The van der Waals surface area contributed by atoms with Gasteiger partial charge in [0.1, 0.15) is 12.4 Å². The Morgan fingerprint density at radius 3 is 2.44 bits per heavy atom. The Hall–Kier alpha value is -2.91. The molecule has 174 valence electrons. The van der Waals surface area contributed by atoms with Crippen LogP contribution in [0.25, 0.3) is 0 Å². The number of carbonyl (C=O) groups is 1. The third-order valence-electron chi connectivity index (χ3n) is 5.34. The third kappa shape index (κ3) is 5.46. The minimum Gasteiger partial charge on any atom is -0.480 e. The zero-order valence-electron chi connectivity index (χ0n) is 18.1. The van der Waals surface area contributed by atoms with E-state index in [1.54, 1.807) is 4.90 Å². The Labute approximate surface area is 183 Å². The third-order valence-corrected chi connectivity index (χ3v) is 5.34. The van der Waals surface area contributed by atoms with Crippen LogP contribution >= 0.6 is 0 Å². The Kier molecular flexibility index (Phi) is 6.61. The lowest BCUT2D eigenvalue weighted by molar-refractivity contribution is -0.139. The van der Waals surface area contributed by atoms with Gasteiger partial charge in [-0.2, -0.15) is 17.6 Å².